The molecule has 0 unspecified atom stereocenters. The lowest BCUT2D eigenvalue weighted by molar-refractivity contribution is -0.162. The summed E-state index contributed by atoms with van der Waals surface area (Å²) in [5.41, 5.74) is -0.661. The molecule has 10 heteroatoms. The Balaban J connectivity index is 4.40. The summed E-state index contributed by atoms with van der Waals surface area (Å²) in [7, 11) is 0. The summed E-state index contributed by atoms with van der Waals surface area (Å²) in [4.78, 5) is 65.9. The molecule has 130 valence electrons. The van der Waals surface area contributed by atoms with Gasteiger partial charge in [-0.1, -0.05) is 0 Å². The fourth-order valence-electron chi connectivity index (χ4n) is 1.16. The monoisotopic (exact) mass is 342 g/mol. The van der Waals surface area contributed by atoms with Gasteiger partial charge in [-0.15, -0.1) is 0 Å². The van der Waals surface area contributed by atoms with Crippen molar-refractivity contribution in [2.24, 2.45) is 0 Å². The first-order valence-corrected chi connectivity index (χ1v) is 6.35. The van der Waals surface area contributed by atoms with Crippen molar-refractivity contribution < 1.29 is 48.5 Å². The molecule has 0 saturated heterocycles. The van der Waals surface area contributed by atoms with Gasteiger partial charge in [0.25, 0.3) is 0 Å². The van der Waals surface area contributed by atoms with E-state index >= 15 is 0 Å². The predicted octanol–water partition coefficient (Wildman–Crippen LogP) is -0.0320. The van der Waals surface area contributed by atoms with Gasteiger partial charge in [-0.25, -0.2) is 19.2 Å². The van der Waals surface area contributed by atoms with Crippen molar-refractivity contribution in [3.8, 4) is 0 Å². The molecule has 0 fully saturated rings. The summed E-state index contributed by atoms with van der Waals surface area (Å²) in [5, 5.41) is 16.8. The highest BCUT2D eigenvalue weighted by atomic mass is 16.6. The summed E-state index contributed by atoms with van der Waals surface area (Å²) in [6, 6.07) is 0. The van der Waals surface area contributed by atoms with E-state index in [9.17, 15) is 28.8 Å². The van der Waals surface area contributed by atoms with E-state index in [0.717, 1.165) is 13.8 Å². The van der Waals surface area contributed by atoms with Gasteiger partial charge in [0.2, 0.25) is 0 Å². The number of carbonyl (C=O) groups is 6. The van der Waals surface area contributed by atoms with Gasteiger partial charge < -0.3 is 19.7 Å². The van der Waals surface area contributed by atoms with Crippen LogP contribution < -0.4 is 0 Å². The van der Waals surface area contributed by atoms with E-state index < -0.39 is 48.7 Å². The standard InChI is InChI=1S/C14H14O10/c1-7(5-9(15)16)13(21)23-11(19)3-4-12(20)24-14(22)8(2)6-10(17)18/h5-6H,3-4H2,1-2H3,(H,15,16)(H,17,18)/b7-5-,8-6-. The van der Waals surface area contributed by atoms with Crippen LogP contribution in [0.3, 0.4) is 0 Å². The van der Waals surface area contributed by atoms with Crippen LogP contribution in [-0.2, 0) is 38.2 Å². The van der Waals surface area contributed by atoms with E-state index in [4.69, 9.17) is 10.2 Å². The normalized spacial score (nSPS) is 11.4. The van der Waals surface area contributed by atoms with E-state index in [2.05, 4.69) is 9.47 Å². The number of rotatable bonds is 7. The molecule has 0 saturated carbocycles. The number of carbonyl (C=O) groups excluding carboxylic acids is 4. The van der Waals surface area contributed by atoms with Crippen molar-refractivity contribution in [3.63, 3.8) is 0 Å². The zero-order valence-corrected chi connectivity index (χ0v) is 12.7. The van der Waals surface area contributed by atoms with Crippen molar-refractivity contribution in [3.05, 3.63) is 23.3 Å². The number of ether oxygens (including phenoxy) is 2. The maximum Gasteiger partial charge on any atom is 0.341 e. The third kappa shape index (κ3) is 8.87. The van der Waals surface area contributed by atoms with Crippen LogP contribution in [-0.4, -0.2) is 46.0 Å². The Kier molecular flexibility index (Phi) is 8.33. The smallest absolute Gasteiger partial charge is 0.341 e. The Morgan fingerprint density at radius 1 is 0.708 bits per heavy atom. The molecule has 0 aliphatic carbocycles. The van der Waals surface area contributed by atoms with Crippen LogP contribution >= 0.6 is 0 Å². The Bertz CT molecular complexity index is 582. The minimum Gasteiger partial charge on any atom is -0.478 e. The predicted molar refractivity (Wildman–Crippen MR) is 74.2 cm³/mol. The third-order valence-corrected chi connectivity index (χ3v) is 2.27. The molecule has 0 amide bonds. The topological polar surface area (TPSA) is 161 Å². The molecule has 2 N–H and O–H groups in total. The van der Waals surface area contributed by atoms with Crippen molar-refractivity contribution >= 4 is 35.8 Å². The molecule has 0 radical (unpaired) electrons. The summed E-state index contributed by atoms with van der Waals surface area (Å²) < 4.78 is 8.55. The van der Waals surface area contributed by atoms with Crippen LogP contribution in [0, 0.1) is 0 Å². The summed E-state index contributed by atoms with van der Waals surface area (Å²) in [6.07, 6.45) is -0.111. The molecule has 24 heavy (non-hydrogen) atoms. The van der Waals surface area contributed by atoms with Crippen LogP contribution in [0.2, 0.25) is 0 Å². The van der Waals surface area contributed by atoms with E-state index in [-0.39, 0.29) is 11.1 Å². The summed E-state index contributed by atoms with van der Waals surface area (Å²) in [6.45, 7) is 2.24. The number of hydrogen-bond donors (Lipinski definition) is 2. The van der Waals surface area contributed by atoms with E-state index in [1.54, 1.807) is 0 Å². The molecular weight excluding hydrogens is 328 g/mol. The highest BCUT2D eigenvalue weighted by Gasteiger charge is 2.18. The first-order valence-electron chi connectivity index (χ1n) is 6.35. The minimum absolute atomic E-state index is 0.331. The number of carboxylic acid groups (broad SMARTS) is 2. The molecule has 0 aromatic rings. The highest BCUT2D eigenvalue weighted by molar-refractivity contribution is 6.01. The second-order valence-corrected chi connectivity index (χ2v) is 4.35. The van der Waals surface area contributed by atoms with Gasteiger partial charge in [0.1, 0.15) is 0 Å². The van der Waals surface area contributed by atoms with Crippen molar-refractivity contribution in [2.45, 2.75) is 26.7 Å². The maximum absolute atomic E-state index is 11.3. The van der Waals surface area contributed by atoms with E-state index in [0.29, 0.717) is 12.2 Å². The highest BCUT2D eigenvalue weighted by Crippen LogP contribution is 2.03. The average molecular weight is 342 g/mol. The first-order chi connectivity index (χ1) is 11.0. The number of aliphatic carboxylic acids is 2. The molecule has 0 aliphatic rings. The zero-order valence-electron chi connectivity index (χ0n) is 12.7. The van der Waals surface area contributed by atoms with Gasteiger partial charge in [0.15, 0.2) is 0 Å². The van der Waals surface area contributed by atoms with Crippen molar-refractivity contribution in [2.75, 3.05) is 0 Å². The van der Waals surface area contributed by atoms with Crippen molar-refractivity contribution in [1.29, 1.82) is 0 Å². The van der Waals surface area contributed by atoms with Gasteiger partial charge in [-0.2, -0.15) is 0 Å². The van der Waals surface area contributed by atoms with Gasteiger partial charge in [0.05, 0.1) is 12.8 Å². The Morgan fingerprint density at radius 2 is 1.00 bits per heavy atom. The molecule has 10 nitrogen and oxygen atoms in total. The molecule has 0 spiro atoms. The minimum atomic E-state index is -1.40. The molecule has 0 heterocycles. The second-order valence-electron chi connectivity index (χ2n) is 4.35. The molecule has 0 aliphatic heterocycles. The lowest BCUT2D eigenvalue weighted by Gasteiger charge is -2.04. The molecule has 0 rings (SSSR count). The molecule has 0 aromatic heterocycles. The summed E-state index contributed by atoms with van der Waals surface area (Å²) in [5.74, 6) is -7.42. The fraction of sp³-hybridized carbons (Fsp3) is 0.286. The van der Waals surface area contributed by atoms with Crippen LogP contribution in [0.1, 0.15) is 26.7 Å². The Labute approximate surface area is 135 Å². The second kappa shape index (κ2) is 9.66. The quantitative estimate of drug-likeness (QED) is 0.365. The lowest BCUT2D eigenvalue weighted by atomic mass is 10.2. The largest absolute Gasteiger partial charge is 0.478 e. The zero-order chi connectivity index (χ0) is 18.9. The number of esters is 4. The Morgan fingerprint density at radius 3 is 1.25 bits per heavy atom. The average Bonchev–Trinajstić information content (AvgIpc) is 2.43. The van der Waals surface area contributed by atoms with Gasteiger partial charge in [0, 0.05) is 23.3 Å². The van der Waals surface area contributed by atoms with Crippen LogP contribution in [0.25, 0.3) is 0 Å². The van der Waals surface area contributed by atoms with Gasteiger partial charge in [-0.05, 0) is 13.8 Å². The third-order valence-electron chi connectivity index (χ3n) is 2.27. The van der Waals surface area contributed by atoms with Crippen LogP contribution in [0.15, 0.2) is 23.3 Å². The van der Waals surface area contributed by atoms with Gasteiger partial charge >= 0.3 is 35.8 Å². The maximum atomic E-state index is 11.3. The molecule has 0 bridgehead atoms. The molecule has 0 aromatic carbocycles. The van der Waals surface area contributed by atoms with E-state index in [1.165, 1.54) is 0 Å². The van der Waals surface area contributed by atoms with Crippen molar-refractivity contribution in [1.82, 2.24) is 0 Å². The fourth-order valence-corrected chi connectivity index (χ4v) is 1.16. The first kappa shape index (κ1) is 20.7. The lowest BCUT2D eigenvalue weighted by Crippen LogP contribution is -2.18. The number of hydrogen-bond acceptors (Lipinski definition) is 8. The Hall–Kier alpha value is -3.30. The summed E-state index contributed by atoms with van der Waals surface area (Å²) >= 11 is 0. The van der Waals surface area contributed by atoms with E-state index in [1.807, 2.05) is 0 Å². The number of carboxylic acids is 2. The van der Waals surface area contributed by atoms with Crippen LogP contribution in [0.5, 0.6) is 0 Å². The molecular formula is C14H14O10. The SMILES string of the molecule is C/C(=C/C(=O)O)C(=O)OC(=O)CCC(=O)OC(=O)/C(C)=C\C(=O)O. The molecule has 0 atom stereocenters. The van der Waals surface area contributed by atoms with Crippen LogP contribution in [0.4, 0.5) is 0 Å². The van der Waals surface area contributed by atoms with Gasteiger partial charge in [-0.3, -0.25) is 9.59 Å².